The van der Waals surface area contributed by atoms with Crippen LogP contribution in [0.2, 0.25) is 0 Å². The molecule has 0 spiro atoms. The molecule has 2 aromatic heterocycles. The van der Waals surface area contributed by atoms with Crippen LogP contribution in [0.25, 0.3) is 5.65 Å². The van der Waals surface area contributed by atoms with E-state index in [1.165, 1.54) is 25.3 Å². The molecule has 8 heteroatoms. The van der Waals surface area contributed by atoms with Crippen LogP contribution >= 0.6 is 0 Å². The van der Waals surface area contributed by atoms with Crippen LogP contribution in [-0.4, -0.2) is 28.2 Å². The average Bonchev–Trinajstić information content (AvgIpc) is 3.41. The molecular formula is C29H26F2N2O4. The quantitative estimate of drug-likeness (QED) is 0.245. The maximum absolute atomic E-state index is 14.1. The Bertz CT molecular complexity index is 1510. The number of pyridine rings is 1. The summed E-state index contributed by atoms with van der Waals surface area (Å²) in [7, 11) is 1.36. The van der Waals surface area contributed by atoms with Gasteiger partial charge >= 0.3 is 5.97 Å². The number of carbonyl (C=O) groups excluding carboxylic acids is 2. The number of hydrogen-bond acceptors (Lipinski definition) is 5. The van der Waals surface area contributed by atoms with E-state index in [2.05, 4.69) is 4.98 Å². The fourth-order valence-corrected chi connectivity index (χ4v) is 5.30. The van der Waals surface area contributed by atoms with E-state index in [4.69, 9.17) is 9.47 Å². The lowest BCUT2D eigenvalue weighted by Crippen LogP contribution is -2.23. The van der Waals surface area contributed by atoms with Crippen LogP contribution in [-0.2, 0) is 22.6 Å². The highest BCUT2D eigenvalue weighted by Gasteiger charge is 2.40. The van der Waals surface area contributed by atoms with E-state index in [-0.39, 0.29) is 36.3 Å². The minimum atomic E-state index is -0.699. The Labute approximate surface area is 212 Å². The number of carbonyl (C=O) groups is 2. The fraction of sp³-hybridized carbons (Fsp3) is 0.276. The SMILES string of the molecule is COC(=O)[C@@H]1Cc2c(C)cccc2[C@H]1CC(=O)c1c(C)nc2c(OCc3c(F)cccc3F)cccn12. The van der Waals surface area contributed by atoms with Gasteiger partial charge in [0.2, 0.25) is 0 Å². The minimum Gasteiger partial charge on any atom is -0.485 e. The van der Waals surface area contributed by atoms with Gasteiger partial charge in [-0.15, -0.1) is 0 Å². The number of nitrogens with zero attached hydrogens (tertiary/aromatic N) is 2. The van der Waals surface area contributed by atoms with Gasteiger partial charge in [-0.2, -0.15) is 0 Å². The molecule has 5 rings (SSSR count). The lowest BCUT2D eigenvalue weighted by atomic mass is 9.87. The monoisotopic (exact) mass is 504 g/mol. The van der Waals surface area contributed by atoms with E-state index >= 15 is 0 Å². The third-order valence-electron chi connectivity index (χ3n) is 7.15. The number of aromatic nitrogens is 2. The Morgan fingerprint density at radius 3 is 2.51 bits per heavy atom. The van der Waals surface area contributed by atoms with E-state index in [1.807, 2.05) is 25.1 Å². The Balaban J connectivity index is 1.46. The van der Waals surface area contributed by atoms with Crippen LogP contribution in [0.4, 0.5) is 8.78 Å². The van der Waals surface area contributed by atoms with Gasteiger partial charge in [0.05, 0.1) is 24.3 Å². The largest absolute Gasteiger partial charge is 0.485 e. The maximum Gasteiger partial charge on any atom is 0.309 e. The summed E-state index contributed by atoms with van der Waals surface area (Å²) in [6, 6.07) is 12.9. The van der Waals surface area contributed by atoms with Gasteiger partial charge in [0.1, 0.15) is 23.9 Å². The molecule has 1 aliphatic carbocycles. The Hall–Kier alpha value is -4.07. The molecule has 37 heavy (non-hydrogen) atoms. The van der Waals surface area contributed by atoms with Gasteiger partial charge in [-0.1, -0.05) is 24.3 Å². The summed E-state index contributed by atoms with van der Waals surface area (Å²) in [5, 5.41) is 0. The third-order valence-corrected chi connectivity index (χ3v) is 7.15. The topological polar surface area (TPSA) is 69.9 Å². The number of ether oxygens (including phenoxy) is 2. The van der Waals surface area contributed by atoms with Crippen molar-refractivity contribution in [2.24, 2.45) is 5.92 Å². The van der Waals surface area contributed by atoms with Crippen LogP contribution in [0.5, 0.6) is 5.75 Å². The van der Waals surface area contributed by atoms with Crippen molar-refractivity contribution in [3.05, 3.63) is 100 Å². The first-order valence-electron chi connectivity index (χ1n) is 12.0. The molecule has 0 bridgehead atoms. The summed E-state index contributed by atoms with van der Waals surface area (Å²) in [5.74, 6) is -2.37. The van der Waals surface area contributed by atoms with Crippen molar-refractivity contribution in [3.63, 3.8) is 0 Å². The van der Waals surface area contributed by atoms with Crippen LogP contribution in [0.3, 0.4) is 0 Å². The number of aryl methyl sites for hydroxylation is 2. The summed E-state index contributed by atoms with van der Waals surface area (Å²) in [4.78, 5) is 30.8. The van der Waals surface area contributed by atoms with Crippen LogP contribution in [0.15, 0.2) is 54.7 Å². The van der Waals surface area contributed by atoms with Crippen molar-refractivity contribution < 1.29 is 27.8 Å². The number of halogens is 2. The van der Waals surface area contributed by atoms with Gasteiger partial charge in [-0.25, -0.2) is 13.8 Å². The van der Waals surface area contributed by atoms with Gasteiger partial charge in [-0.05, 0) is 61.2 Å². The summed E-state index contributed by atoms with van der Waals surface area (Å²) < 4.78 is 40.5. The van der Waals surface area contributed by atoms with Gasteiger partial charge in [0, 0.05) is 18.5 Å². The van der Waals surface area contributed by atoms with E-state index in [0.29, 0.717) is 29.2 Å². The van der Waals surface area contributed by atoms with Crippen molar-refractivity contribution in [2.75, 3.05) is 7.11 Å². The molecule has 2 heterocycles. The summed E-state index contributed by atoms with van der Waals surface area (Å²) in [6.45, 7) is 3.40. The van der Waals surface area contributed by atoms with Gasteiger partial charge in [-0.3, -0.25) is 14.0 Å². The molecule has 6 nitrogen and oxygen atoms in total. The molecule has 0 N–H and O–H groups in total. The Morgan fingerprint density at radius 2 is 1.78 bits per heavy atom. The van der Waals surface area contributed by atoms with Gasteiger partial charge in [0.15, 0.2) is 17.2 Å². The molecule has 0 unspecified atom stereocenters. The lowest BCUT2D eigenvalue weighted by molar-refractivity contribution is -0.145. The molecule has 0 saturated heterocycles. The van der Waals surface area contributed by atoms with Crippen LogP contribution in [0, 0.1) is 31.4 Å². The molecule has 2 aromatic carbocycles. The summed E-state index contributed by atoms with van der Waals surface area (Å²) in [6.07, 6.45) is 2.34. The molecule has 1 aliphatic rings. The molecule has 0 saturated carbocycles. The number of Topliss-reactive ketones (excluding diaryl/α,β-unsaturated/α-hetero) is 1. The first kappa shape index (κ1) is 24.6. The highest BCUT2D eigenvalue weighted by atomic mass is 19.1. The Kier molecular flexibility index (Phi) is 6.50. The molecule has 0 aliphatic heterocycles. The van der Waals surface area contributed by atoms with E-state index in [9.17, 15) is 18.4 Å². The lowest BCUT2D eigenvalue weighted by Gasteiger charge is -2.18. The van der Waals surface area contributed by atoms with Crippen molar-refractivity contribution in [1.82, 2.24) is 9.38 Å². The first-order chi connectivity index (χ1) is 17.8. The minimum absolute atomic E-state index is 0.108. The number of ketones is 1. The van der Waals surface area contributed by atoms with E-state index in [0.717, 1.165) is 16.7 Å². The smallest absolute Gasteiger partial charge is 0.309 e. The summed E-state index contributed by atoms with van der Waals surface area (Å²) >= 11 is 0. The number of fused-ring (bicyclic) bond motifs is 2. The first-order valence-corrected chi connectivity index (χ1v) is 12.0. The zero-order valence-corrected chi connectivity index (χ0v) is 20.8. The number of benzene rings is 2. The number of rotatable bonds is 7. The zero-order chi connectivity index (χ0) is 26.3. The predicted molar refractivity (Wildman–Crippen MR) is 133 cm³/mol. The highest BCUT2D eigenvalue weighted by Crippen LogP contribution is 2.43. The van der Waals surface area contributed by atoms with E-state index < -0.39 is 17.6 Å². The molecule has 190 valence electrons. The number of esters is 1. The van der Waals surface area contributed by atoms with Gasteiger partial charge in [0.25, 0.3) is 0 Å². The van der Waals surface area contributed by atoms with E-state index in [1.54, 1.807) is 29.7 Å². The van der Waals surface area contributed by atoms with Gasteiger partial charge < -0.3 is 9.47 Å². The Morgan fingerprint density at radius 1 is 1.05 bits per heavy atom. The molecule has 2 atom stereocenters. The molecule has 0 radical (unpaired) electrons. The highest BCUT2D eigenvalue weighted by molar-refractivity contribution is 5.98. The molecular weight excluding hydrogens is 478 g/mol. The normalized spacial score (nSPS) is 16.6. The molecule has 0 fully saturated rings. The number of imidazole rings is 1. The predicted octanol–water partition coefficient (Wildman–Crippen LogP) is 5.51. The van der Waals surface area contributed by atoms with Crippen LogP contribution < -0.4 is 4.74 Å². The zero-order valence-electron chi connectivity index (χ0n) is 20.8. The fourth-order valence-electron chi connectivity index (χ4n) is 5.30. The second-order valence-corrected chi connectivity index (χ2v) is 9.31. The summed E-state index contributed by atoms with van der Waals surface area (Å²) in [5.41, 5.74) is 4.21. The van der Waals surface area contributed by atoms with Crippen molar-refractivity contribution in [2.45, 2.75) is 39.2 Å². The maximum atomic E-state index is 14.1. The second kappa shape index (κ2) is 9.76. The molecule has 0 amide bonds. The van der Waals surface area contributed by atoms with Crippen molar-refractivity contribution >= 4 is 17.4 Å². The average molecular weight is 505 g/mol. The van der Waals surface area contributed by atoms with Crippen molar-refractivity contribution in [1.29, 1.82) is 0 Å². The standard InChI is InChI=1S/C29H26F2N2O4/c1-16-7-4-8-18-19(16)13-21(29(35)36-3)20(18)14-25(34)27-17(2)32-28-26(11-6-12-33(27)28)37-15-22-23(30)9-5-10-24(22)31/h4-12,20-21H,13-15H2,1-3H3/t20-,21-/m1/s1. The second-order valence-electron chi connectivity index (χ2n) is 9.31. The number of hydrogen-bond donors (Lipinski definition) is 0. The third kappa shape index (κ3) is 4.37. The number of methoxy groups -OCH3 is 1. The van der Waals surface area contributed by atoms with Crippen molar-refractivity contribution in [3.8, 4) is 5.75 Å². The van der Waals surface area contributed by atoms with Crippen LogP contribution in [0.1, 0.15) is 50.8 Å². The molecule has 4 aromatic rings.